The first kappa shape index (κ1) is 17.2. The molecule has 0 bridgehead atoms. The summed E-state index contributed by atoms with van der Waals surface area (Å²) in [7, 11) is 3.42. The van der Waals surface area contributed by atoms with E-state index in [0.29, 0.717) is 18.6 Å². The quantitative estimate of drug-likeness (QED) is 0.855. The van der Waals surface area contributed by atoms with E-state index in [4.69, 9.17) is 4.74 Å². The molecule has 0 radical (unpaired) electrons. The van der Waals surface area contributed by atoms with E-state index >= 15 is 0 Å². The second-order valence-electron chi connectivity index (χ2n) is 5.48. The zero-order chi connectivity index (χ0) is 16.7. The molecule has 2 aromatic rings. The molecule has 0 aromatic heterocycles. The highest BCUT2D eigenvalue weighted by Crippen LogP contribution is 2.24. The van der Waals surface area contributed by atoms with Crippen LogP contribution >= 0.6 is 0 Å². The zero-order valence-corrected chi connectivity index (χ0v) is 13.6. The van der Waals surface area contributed by atoms with Crippen molar-refractivity contribution < 1.29 is 14.6 Å². The molecule has 0 heterocycles. The van der Waals surface area contributed by atoms with Crippen molar-refractivity contribution >= 4 is 5.91 Å². The molecule has 0 spiro atoms. The third-order valence-corrected chi connectivity index (χ3v) is 3.89. The van der Waals surface area contributed by atoms with E-state index in [-0.39, 0.29) is 18.6 Å². The number of amides is 1. The maximum Gasteiger partial charge on any atom is 0.254 e. The van der Waals surface area contributed by atoms with Crippen LogP contribution in [0.4, 0.5) is 0 Å². The zero-order valence-electron chi connectivity index (χ0n) is 13.6. The van der Waals surface area contributed by atoms with Crippen molar-refractivity contribution in [3.8, 4) is 0 Å². The van der Waals surface area contributed by atoms with E-state index in [1.54, 1.807) is 19.1 Å². The summed E-state index contributed by atoms with van der Waals surface area (Å²) in [4.78, 5) is 14.4. The third-order valence-electron chi connectivity index (χ3n) is 3.89. The summed E-state index contributed by atoms with van der Waals surface area (Å²) >= 11 is 0. The summed E-state index contributed by atoms with van der Waals surface area (Å²) in [6.07, 6.45) is 0.508. The molecule has 1 N–H and O–H groups in total. The van der Waals surface area contributed by atoms with Crippen LogP contribution in [0.25, 0.3) is 0 Å². The van der Waals surface area contributed by atoms with E-state index in [1.165, 1.54) is 0 Å². The summed E-state index contributed by atoms with van der Waals surface area (Å²) in [6, 6.07) is 17.1. The van der Waals surface area contributed by atoms with Gasteiger partial charge < -0.3 is 14.7 Å². The van der Waals surface area contributed by atoms with Gasteiger partial charge in [0.1, 0.15) is 0 Å². The molecular weight excluding hydrogens is 290 g/mol. The molecule has 0 aliphatic heterocycles. The van der Waals surface area contributed by atoms with Crippen LogP contribution in [0.2, 0.25) is 0 Å². The van der Waals surface area contributed by atoms with E-state index in [9.17, 15) is 9.90 Å². The van der Waals surface area contributed by atoms with Gasteiger partial charge in [-0.1, -0.05) is 42.5 Å². The second kappa shape index (κ2) is 8.46. The number of methoxy groups -OCH3 is 1. The Bertz CT molecular complexity index is 610. The summed E-state index contributed by atoms with van der Waals surface area (Å²) in [6.45, 7) is 0.561. The first-order valence-corrected chi connectivity index (χ1v) is 7.68. The molecule has 1 atom stereocenters. The Labute approximate surface area is 137 Å². The molecule has 2 rings (SSSR count). The van der Waals surface area contributed by atoms with Crippen molar-refractivity contribution in [3.63, 3.8) is 0 Å². The van der Waals surface area contributed by atoms with Gasteiger partial charge in [0.2, 0.25) is 0 Å². The van der Waals surface area contributed by atoms with Gasteiger partial charge in [-0.2, -0.15) is 0 Å². The molecule has 1 amide bonds. The van der Waals surface area contributed by atoms with Crippen molar-refractivity contribution in [3.05, 3.63) is 71.3 Å². The number of aliphatic hydroxyl groups is 1. The number of carbonyl (C=O) groups is 1. The van der Waals surface area contributed by atoms with Gasteiger partial charge in [-0.25, -0.2) is 0 Å². The lowest BCUT2D eigenvalue weighted by Gasteiger charge is -2.28. The molecule has 0 aliphatic carbocycles. The first-order valence-electron chi connectivity index (χ1n) is 7.68. The predicted octanol–water partition coefficient (Wildman–Crippen LogP) is 3.03. The first-order chi connectivity index (χ1) is 11.2. The van der Waals surface area contributed by atoms with Crippen LogP contribution < -0.4 is 0 Å². The minimum absolute atomic E-state index is 0.0317. The Morgan fingerprint density at radius 3 is 2.35 bits per heavy atom. The van der Waals surface area contributed by atoms with Crippen molar-refractivity contribution in [2.24, 2.45) is 0 Å². The Hall–Kier alpha value is -2.17. The van der Waals surface area contributed by atoms with Gasteiger partial charge in [-0.15, -0.1) is 0 Å². The SMILES string of the molecule is COCc1ccc(C(=O)N(C)C(CCO)c2ccccc2)cc1. The number of hydrogen-bond acceptors (Lipinski definition) is 3. The van der Waals surface area contributed by atoms with E-state index in [2.05, 4.69) is 0 Å². The minimum atomic E-state index is -0.146. The Morgan fingerprint density at radius 1 is 1.13 bits per heavy atom. The lowest BCUT2D eigenvalue weighted by molar-refractivity contribution is 0.0705. The predicted molar refractivity (Wildman–Crippen MR) is 90.1 cm³/mol. The van der Waals surface area contributed by atoms with Crippen LogP contribution in [-0.2, 0) is 11.3 Å². The van der Waals surface area contributed by atoms with Crippen LogP contribution in [0.5, 0.6) is 0 Å². The fraction of sp³-hybridized carbons (Fsp3) is 0.316. The smallest absolute Gasteiger partial charge is 0.254 e. The highest BCUT2D eigenvalue weighted by Gasteiger charge is 2.22. The van der Waals surface area contributed by atoms with Gasteiger partial charge in [0.25, 0.3) is 5.91 Å². The number of rotatable bonds is 7. The monoisotopic (exact) mass is 313 g/mol. The molecule has 0 saturated heterocycles. The standard InChI is InChI=1S/C19H23NO3/c1-20(18(12-13-21)16-6-4-3-5-7-16)19(22)17-10-8-15(9-11-17)14-23-2/h3-11,18,21H,12-14H2,1-2H3. The summed E-state index contributed by atoms with van der Waals surface area (Å²) < 4.78 is 5.08. The molecule has 0 saturated carbocycles. The third kappa shape index (κ3) is 4.41. The fourth-order valence-electron chi connectivity index (χ4n) is 2.64. The van der Waals surface area contributed by atoms with Crippen molar-refractivity contribution in [2.45, 2.75) is 19.1 Å². The van der Waals surface area contributed by atoms with Gasteiger partial charge in [0.05, 0.1) is 12.6 Å². The second-order valence-corrected chi connectivity index (χ2v) is 5.48. The molecule has 4 nitrogen and oxygen atoms in total. The van der Waals surface area contributed by atoms with E-state index in [1.807, 2.05) is 54.6 Å². The Kier molecular flexibility index (Phi) is 6.32. The Balaban J connectivity index is 2.18. The summed E-state index contributed by atoms with van der Waals surface area (Å²) in [5.74, 6) is -0.0590. The van der Waals surface area contributed by atoms with Crippen molar-refractivity contribution in [2.75, 3.05) is 20.8 Å². The molecule has 2 aromatic carbocycles. The van der Waals surface area contributed by atoms with Gasteiger partial charge in [-0.3, -0.25) is 4.79 Å². The largest absolute Gasteiger partial charge is 0.396 e. The van der Waals surface area contributed by atoms with Crippen LogP contribution in [0, 0.1) is 0 Å². The normalized spacial score (nSPS) is 12.0. The average molecular weight is 313 g/mol. The molecule has 1 unspecified atom stereocenters. The number of ether oxygens (including phenoxy) is 1. The van der Waals surface area contributed by atoms with Gasteiger partial charge >= 0.3 is 0 Å². The van der Waals surface area contributed by atoms with E-state index < -0.39 is 0 Å². The molecule has 23 heavy (non-hydrogen) atoms. The van der Waals surface area contributed by atoms with Crippen molar-refractivity contribution in [1.29, 1.82) is 0 Å². The summed E-state index contributed by atoms with van der Waals surface area (Å²) in [5, 5.41) is 9.34. The van der Waals surface area contributed by atoms with Crippen LogP contribution in [0.3, 0.4) is 0 Å². The van der Waals surface area contributed by atoms with E-state index in [0.717, 1.165) is 11.1 Å². The molecule has 122 valence electrons. The highest BCUT2D eigenvalue weighted by atomic mass is 16.5. The number of carbonyl (C=O) groups excluding carboxylic acids is 1. The van der Waals surface area contributed by atoms with Gasteiger partial charge in [-0.05, 0) is 29.7 Å². The molecule has 4 heteroatoms. The van der Waals surface area contributed by atoms with Gasteiger partial charge in [0, 0.05) is 26.3 Å². The summed E-state index contributed by atoms with van der Waals surface area (Å²) in [5.41, 5.74) is 2.68. The van der Waals surface area contributed by atoms with Crippen molar-refractivity contribution in [1.82, 2.24) is 4.90 Å². The topological polar surface area (TPSA) is 49.8 Å². The minimum Gasteiger partial charge on any atom is -0.396 e. The molecular formula is C19H23NO3. The maximum absolute atomic E-state index is 12.7. The average Bonchev–Trinajstić information content (AvgIpc) is 2.60. The highest BCUT2D eigenvalue weighted by molar-refractivity contribution is 5.94. The lowest BCUT2D eigenvalue weighted by atomic mass is 10.0. The fourth-order valence-corrected chi connectivity index (χ4v) is 2.64. The van der Waals surface area contributed by atoms with Gasteiger partial charge in [0.15, 0.2) is 0 Å². The molecule has 0 aliphatic rings. The maximum atomic E-state index is 12.7. The Morgan fingerprint density at radius 2 is 1.78 bits per heavy atom. The lowest BCUT2D eigenvalue weighted by Crippen LogP contribution is -2.31. The number of nitrogens with zero attached hydrogens (tertiary/aromatic N) is 1. The van der Waals surface area contributed by atoms with Crippen LogP contribution in [0.1, 0.15) is 33.9 Å². The number of aliphatic hydroxyl groups excluding tert-OH is 1. The number of benzene rings is 2. The van der Waals surface area contributed by atoms with Crippen LogP contribution in [0.15, 0.2) is 54.6 Å². The molecule has 0 fully saturated rings. The van der Waals surface area contributed by atoms with Crippen LogP contribution in [-0.4, -0.2) is 36.7 Å². The number of hydrogen-bond donors (Lipinski definition) is 1.